The van der Waals surface area contributed by atoms with Crippen molar-refractivity contribution in [1.82, 2.24) is 4.98 Å². The van der Waals surface area contributed by atoms with Crippen molar-refractivity contribution in [3.05, 3.63) is 59.9 Å². The third kappa shape index (κ3) is 4.17. The zero-order valence-electron chi connectivity index (χ0n) is 18.8. The fourth-order valence-electron chi connectivity index (χ4n) is 6.16. The molecule has 0 amide bonds. The molecule has 0 radical (unpaired) electrons. The van der Waals surface area contributed by atoms with Crippen molar-refractivity contribution >= 4 is 17.8 Å². The van der Waals surface area contributed by atoms with Gasteiger partial charge in [0.15, 0.2) is 0 Å². The number of halogens is 3. The van der Waals surface area contributed by atoms with Crippen LogP contribution in [0.4, 0.5) is 13.2 Å². The second-order valence-electron chi connectivity index (χ2n) is 9.68. The largest absolute Gasteiger partial charge is 0.462 e. The number of hydrogen-bond donors (Lipinski definition) is 0. The van der Waals surface area contributed by atoms with Gasteiger partial charge in [0, 0.05) is 30.0 Å². The lowest BCUT2D eigenvalue weighted by Crippen LogP contribution is -2.45. The van der Waals surface area contributed by atoms with Crippen LogP contribution in [0.15, 0.2) is 48.7 Å². The number of carbonyl (C=O) groups is 2. The maximum absolute atomic E-state index is 13.0. The molecule has 0 bridgehead atoms. The fourth-order valence-corrected chi connectivity index (χ4v) is 6.16. The van der Waals surface area contributed by atoms with Gasteiger partial charge in [-0.3, -0.25) is 14.6 Å². The number of alkyl halides is 3. The average molecular weight is 470 g/mol. The minimum Gasteiger partial charge on any atom is -0.462 e. The number of rotatable bonds is 3. The van der Waals surface area contributed by atoms with E-state index in [1.807, 2.05) is 13.0 Å². The number of esters is 1. The third-order valence-electron chi connectivity index (χ3n) is 7.75. The van der Waals surface area contributed by atoms with Crippen LogP contribution in [0.5, 0.6) is 0 Å². The zero-order chi connectivity index (χ0) is 24.0. The summed E-state index contributed by atoms with van der Waals surface area (Å²) in [7, 11) is 0. The Labute approximate surface area is 196 Å². The molecule has 6 atom stereocenters. The molecule has 4 unspecified atom stereocenters. The second kappa shape index (κ2) is 8.67. The summed E-state index contributed by atoms with van der Waals surface area (Å²) in [5.41, 5.74) is 1.03. The number of aromatic nitrogens is 1. The Kier molecular flexibility index (Phi) is 5.82. The molecule has 1 aromatic carbocycles. The predicted molar refractivity (Wildman–Crippen MR) is 120 cm³/mol. The first-order chi connectivity index (χ1) is 16.2. The van der Waals surface area contributed by atoms with Crippen molar-refractivity contribution in [1.29, 1.82) is 0 Å². The quantitative estimate of drug-likeness (QED) is 0.520. The maximum Gasteiger partial charge on any atom is 0.416 e. The highest BCUT2D eigenvalue weighted by Crippen LogP contribution is 2.52. The van der Waals surface area contributed by atoms with Gasteiger partial charge in [0.25, 0.3) is 0 Å². The Morgan fingerprint density at radius 1 is 1.09 bits per heavy atom. The number of nitrogens with zero attached hydrogens (tertiary/aromatic N) is 1. The first-order valence-electron chi connectivity index (χ1n) is 11.8. The lowest BCUT2D eigenvalue weighted by atomic mass is 9.57. The average Bonchev–Trinajstić information content (AvgIpc) is 3.10. The Hall–Kier alpha value is -2.96. The Morgan fingerprint density at radius 3 is 2.65 bits per heavy atom. The molecule has 2 saturated carbocycles. The molecule has 0 N–H and O–H groups in total. The molecular weight excluding hydrogens is 443 g/mol. The number of Topliss-reactive ketones (excluding diaryl/α,β-unsaturated/α-hetero) is 1. The molecule has 178 valence electrons. The van der Waals surface area contributed by atoms with Gasteiger partial charge in [0.05, 0.1) is 17.2 Å². The van der Waals surface area contributed by atoms with E-state index in [1.54, 1.807) is 24.4 Å². The van der Waals surface area contributed by atoms with Crippen LogP contribution in [-0.2, 0) is 20.5 Å². The summed E-state index contributed by atoms with van der Waals surface area (Å²) in [6.45, 7) is 1.93. The molecule has 2 aliphatic carbocycles. The number of ether oxygens (including phenoxy) is 1. The molecule has 1 saturated heterocycles. The molecule has 0 spiro atoms. The second-order valence-corrected chi connectivity index (χ2v) is 9.68. The molecule has 5 rings (SSSR count). The summed E-state index contributed by atoms with van der Waals surface area (Å²) in [6.07, 6.45) is 3.94. The molecule has 3 aliphatic rings. The normalized spacial score (nSPS) is 31.3. The lowest BCUT2D eigenvalue weighted by Gasteiger charge is -2.44. The van der Waals surface area contributed by atoms with Gasteiger partial charge >= 0.3 is 12.1 Å². The summed E-state index contributed by atoms with van der Waals surface area (Å²) >= 11 is 0. The van der Waals surface area contributed by atoms with Crippen LogP contribution in [0.2, 0.25) is 0 Å². The van der Waals surface area contributed by atoms with E-state index in [4.69, 9.17) is 4.74 Å². The highest BCUT2D eigenvalue weighted by molar-refractivity contribution is 5.84. The first-order valence-corrected chi connectivity index (χ1v) is 11.8. The van der Waals surface area contributed by atoms with Crippen LogP contribution in [0.1, 0.15) is 43.9 Å². The Bertz CT molecular complexity index is 1120. The van der Waals surface area contributed by atoms with E-state index in [0.717, 1.165) is 25.0 Å². The van der Waals surface area contributed by atoms with Crippen molar-refractivity contribution in [2.75, 3.05) is 0 Å². The third-order valence-corrected chi connectivity index (χ3v) is 7.75. The molecule has 1 aliphatic heterocycles. The fraction of sp³-hybridized carbons (Fsp3) is 0.444. The van der Waals surface area contributed by atoms with Gasteiger partial charge in [0.2, 0.25) is 0 Å². The number of benzene rings is 1. The van der Waals surface area contributed by atoms with Gasteiger partial charge in [-0.05, 0) is 67.9 Å². The highest BCUT2D eigenvalue weighted by atomic mass is 19.4. The standard InChI is InChI=1S/C27H26F3NO3/c1-15-25-21(20-6-3-7-24(32)22(20)13-23(25)26(33)34-15)11-10-19-9-8-17(14-31-19)16-4-2-5-18(12-16)27(28,29)30/h2,4-5,8-12,14-15,20-23,25H,3,6-7,13H2,1H3/t15-,20?,21+,22?,23?,25?/m1/s1. The van der Waals surface area contributed by atoms with Crippen molar-refractivity contribution in [2.24, 2.45) is 29.6 Å². The zero-order valence-corrected chi connectivity index (χ0v) is 18.8. The van der Waals surface area contributed by atoms with E-state index < -0.39 is 11.7 Å². The van der Waals surface area contributed by atoms with Crippen LogP contribution < -0.4 is 0 Å². The summed E-state index contributed by atoms with van der Waals surface area (Å²) < 4.78 is 44.7. The van der Waals surface area contributed by atoms with E-state index in [1.165, 1.54) is 6.07 Å². The number of carbonyl (C=O) groups excluding carboxylic acids is 2. The number of ketones is 1. The number of hydrogen-bond acceptors (Lipinski definition) is 4. The van der Waals surface area contributed by atoms with Crippen LogP contribution in [0.3, 0.4) is 0 Å². The van der Waals surface area contributed by atoms with Crippen LogP contribution >= 0.6 is 0 Å². The molecule has 2 heterocycles. The summed E-state index contributed by atoms with van der Waals surface area (Å²) in [5.74, 6) is -0.0111. The van der Waals surface area contributed by atoms with Crippen LogP contribution in [0.25, 0.3) is 17.2 Å². The predicted octanol–water partition coefficient (Wildman–Crippen LogP) is 5.96. The maximum atomic E-state index is 13.0. The molecule has 7 heteroatoms. The minimum absolute atomic E-state index is 0.0411. The van der Waals surface area contributed by atoms with Crippen LogP contribution in [0, 0.1) is 29.6 Å². The minimum atomic E-state index is -4.40. The number of fused-ring (bicyclic) bond motifs is 2. The highest BCUT2D eigenvalue weighted by Gasteiger charge is 2.55. The molecule has 34 heavy (non-hydrogen) atoms. The summed E-state index contributed by atoms with van der Waals surface area (Å²) in [4.78, 5) is 29.5. The van der Waals surface area contributed by atoms with E-state index in [2.05, 4.69) is 11.1 Å². The van der Waals surface area contributed by atoms with Gasteiger partial charge in [0.1, 0.15) is 11.9 Å². The number of cyclic esters (lactones) is 1. The van der Waals surface area contributed by atoms with Crippen molar-refractivity contribution < 1.29 is 27.5 Å². The van der Waals surface area contributed by atoms with E-state index >= 15 is 0 Å². The molecule has 1 aromatic heterocycles. The molecule has 3 fully saturated rings. The number of pyridine rings is 1. The van der Waals surface area contributed by atoms with Gasteiger partial charge in [-0.25, -0.2) is 0 Å². The van der Waals surface area contributed by atoms with Crippen molar-refractivity contribution in [3.63, 3.8) is 0 Å². The Balaban J connectivity index is 1.39. The molecule has 4 nitrogen and oxygen atoms in total. The summed E-state index contributed by atoms with van der Waals surface area (Å²) in [5, 5.41) is 0. The SMILES string of the molecule is C[C@H]1OC(=O)C2CC3C(=O)CCCC3[C@H](C=Cc3ccc(-c4cccc(C(F)(F)F)c4)cn3)C21. The van der Waals surface area contributed by atoms with Gasteiger partial charge < -0.3 is 4.74 Å². The van der Waals surface area contributed by atoms with E-state index in [-0.39, 0.29) is 47.4 Å². The Morgan fingerprint density at radius 2 is 1.91 bits per heavy atom. The molecule has 2 aromatic rings. The van der Waals surface area contributed by atoms with Crippen LogP contribution in [-0.4, -0.2) is 22.8 Å². The van der Waals surface area contributed by atoms with Gasteiger partial charge in [-0.1, -0.05) is 24.3 Å². The van der Waals surface area contributed by atoms with E-state index in [9.17, 15) is 22.8 Å². The van der Waals surface area contributed by atoms with Crippen molar-refractivity contribution in [2.45, 2.75) is 44.9 Å². The molecular formula is C27H26F3NO3. The smallest absolute Gasteiger partial charge is 0.416 e. The van der Waals surface area contributed by atoms with E-state index in [0.29, 0.717) is 29.7 Å². The van der Waals surface area contributed by atoms with Gasteiger partial charge in [-0.2, -0.15) is 13.2 Å². The van der Waals surface area contributed by atoms with Gasteiger partial charge in [-0.15, -0.1) is 0 Å². The number of allylic oxidation sites excluding steroid dienone is 1. The monoisotopic (exact) mass is 469 g/mol. The summed E-state index contributed by atoms with van der Waals surface area (Å²) in [6, 6.07) is 8.71. The lowest BCUT2D eigenvalue weighted by molar-refractivity contribution is -0.145. The topological polar surface area (TPSA) is 56.3 Å². The first kappa shape index (κ1) is 22.8. The van der Waals surface area contributed by atoms with Crippen molar-refractivity contribution in [3.8, 4) is 11.1 Å².